The molecule has 0 amide bonds. The van der Waals surface area contributed by atoms with Crippen LogP contribution in [0.5, 0.6) is 0 Å². The van der Waals surface area contributed by atoms with Crippen LogP contribution < -0.4 is 5.56 Å². The fraction of sp³-hybridized carbons (Fsp3) is 0.250. The number of pyridine rings is 1. The van der Waals surface area contributed by atoms with Crippen LogP contribution in [-0.4, -0.2) is 22.5 Å². The van der Waals surface area contributed by atoms with E-state index in [-0.39, 0.29) is 6.61 Å². The Morgan fingerprint density at radius 2 is 2.27 bits per heavy atom. The van der Waals surface area contributed by atoms with Crippen molar-refractivity contribution in [2.24, 2.45) is 0 Å². The van der Waals surface area contributed by atoms with E-state index in [9.17, 15) is 19.7 Å². The highest BCUT2D eigenvalue weighted by atomic mass is 16.6. The van der Waals surface area contributed by atoms with Crippen LogP contribution >= 0.6 is 0 Å². The quantitative estimate of drug-likeness (QED) is 0.445. The summed E-state index contributed by atoms with van der Waals surface area (Å²) >= 11 is 0. The van der Waals surface area contributed by atoms with Crippen molar-refractivity contribution < 1.29 is 14.5 Å². The summed E-state index contributed by atoms with van der Waals surface area (Å²) in [6.07, 6.45) is 0. The Hall–Kier alpha value is -2.18. The Bertz CT molecular complexity index is 451. The molecule has 0 fully saturated rings. The number of esters is 1. The number of carbonyl (C=O) groups excluding carboxylic acids is 1. The van der Waals surface area contributed by atoms with Gasteiger partial charge in [0.2, 0.25) is 11.3 Å². The van der Waals surface area contributed by atoms with E-state index in [1.807, 2.05) is 0 Å². The van der Waals surface area contributed by atoms with Gasteiger partial charge < -0.3 is 9.72 Å². The number of carbonyl (C=O) groups is 1. The maximum Gasteiger partial charge on any atom is 0.362 e. The van der Waals surface area contributed by atoms with E-state index in [1.54, 1.807) is 6.92 Å². The van der Waals surface area contributed by atoms with Gasteiger partial charge in [0, 0.05) is 12.1 Å². The predicted molar refractivity (Wildman–Crippen MR) is 49.7 cm³/mol. The first-order valence-electron chi connectivity index (χ1n) is 4.11. The molecular weight excluding hydrogens is 204 g/mol. The molecule has 0 unspecified atom stereocenters. The highest BCUT2D eigenvalue weighted by molar-refractivity contribution is 5.91. The Morgan fingerprint density at radius 1 is 1.60 bits per heavy atom. The molecule has 1 aromatic rings. The van der Waals surface area contributed by atoms with E-state index in [0.717, 1.165) is 12.1 Å². The van der Waals surface area contributed by atoms with Crippen LogP contribution in [0.3, 0.4) is 0 Å². The van der Waals surface area contributed by atoms with Gasteiger partial charge in [-0.15, -0.1) is 0 Å². The Balaban J connectivity index is 3.24. The van der Waals surface area contributed by atoms with Gasteiger partial charge in [-0.25, -0.2) is 4.79 Å². The average Bonchev–Trinajstić information content (AvgIpc) is 2.17. The van der Waals surface area contributed by atoms with Crippen molar-refractivity contribution in [3.05, 3.63) is 38.3 Å². The zero-order valence-corrected chi connectivity index (χ0v) is 7.85. The molecule has 1 heterocycles. The summed E-state index contributed by atoms with van der Waals surface area (Å²) < 4.78 is 4.56. The first-order valence-corrected chi connectivity index (χ1v) is 4.11. The molecule has 1 aromatic heterocycles. The number of nitrogens with one attached hydrogen (secondary N) is 1. The molecule has 0 atom stereocenters. The van der Waals surface area contributed by atoms with Crippen molar-refractivity contribution in [1.29, 1.82) is 0 Å². The van der Waals surface area contributed by atoms with Gasteiger partial charge in [0.15, 0.2) is 0 Å². The second-order valence-electron chi connectivity index (χ2n) is 2.56. The second kappa shape index (κ2) is 4.36. The van der Waals surface area contributed by atoms with E-state index < -0.39 is 27.8 Å². The number of nitrogens with zero attached hydrogens (tertiary/aromatic N) is 1. The van der Waals surface area contributed by atoms with Gasteiger partial charge in [0.25, 0.3) is 0 Å². The first kappa shape index (κ1) is 10.9. The summed E-state index contributed by atoms with van der Waals surface area (Å²) in [5.41, 5.74) is -1.51. The molecule has 0 spiro atoms. The maximum absolute atomic E-state index is 11.2. The van der Waals surface area contributed by atoms with Crippen LogP contribution in [0.4, 0.5) is 5.69 Å². The molecule has 1 rings (SSSR count). The zero-order chi connectivity index (χ0) is 11.4. The number of rotatable bonds is 3. The monoisotopic (exact) mass is 212 g/mol. The van der Waals surface area contributed by atoms with Gasteiger partial charge in [-0.1, -0.05) is 0 Å². The molecule has 0 radical (unpaired) electrons. The van der Waals surface area contributed by atoms with Crippen molar-refractivity contribution in [2.75, 3.05) is 6.61 Å². The SMILES string of the molecule is CCOC(=O)c1[nH]c(=O)ccc1[N+](=O)[O-]. The standard InChI is InChI=1S/C8H8N2O5/c1-2-15-8(12)7-5(10(13)14)3-4-6(11)9-7/h3-4H,2H2,1H3,(H,9,11). The molecule has 0 saturated carbocycles. The predicted octanol–water partition coefficient (Wildman–Crippen LogP) is 0.460. The number of H-pyrrole nitrogens is 1. The van der Waals surface area contributed by atoms with Gasteiger partial charge in [0.05, 0.1) is 11.5 Å². The molecule has 80 valence electrons. The summed E-state index contributed by atoms with van der Waals surface area (Å²) in [5, 5.41) is 10.5. The number of aromatic amines is 1. The third-order valence-corrected chi connectivity index (χ3v) is 1.57. The van der Waals surface area contributed by atoms with Crippen LogP contribution in [-0.2, 0) is 4.74 Å². The van der Waals surface area contributed by atoms with E-state index >= 15 is 0 Å². The van der Waals surface area contributed by atoms with Crippen LogP contribution in [0.1, 0.15) is 17.4 Å². The minimum atomic E-state index is -0.915. The van der Waals surface area contributed by atoms with Crippen molar-refractivity contribution >= 4 is 11.7 Å². The van der Waals surface area contributed by atoms with E-state index in [1.165, 1.54) is 0 Å². The fourth-order valence-corrected chi connectivity index (χ4v) is 0.978. The second-order valence-corrected chi connectivity index (χ2v) is 2.56. The lowest BCUT2D eigenvalue weighted by atomic mass is 10.3. The van der Waals surface area contributed by atoms with Gasteiger partial charge in [0.1, 0.15) is 0 Å². The summed E-state index contributed by atoms with van der Waals surface area (Å²) in [7, 11) is 0. The summed E-state index contributed by atoms with van der Waals surface area (Å²) in [4.78, 5) is 33.9. The van der Waals surface area contributed by atoms with Crippen molar-refractivity contribution in [2.45, 2.75) is 6.92 Å². The average molecular weight is 212 g/mol. The molecule has 0 bridgehead atoms. The lowest BCUT2D eigenvalue weighted by Gasteiger charge is -2.01. The zero-order valence-electron chi connectivity index (χ0n) is 7.85. The van der Waals surface area contributed by atoms with Crippen molar-refractivity contribution in [3.8, 4) is 0 Å². The van der Waals surface area contributed by atoms with Gasteiger partial charge in [-0.2, -0.15) is 0 Å². The Kier molecular flexibility index (Phi) is 3.17. The minimum absolute atomic E-state index is 0.0763. The molecule has 0 aliphatic carbocycles. The van der Waals surface area contributed by atoms with Crippen LogP contribution in [0.15, 0.2) is 16.9 Å². The molecular formula is C8H8N2O5. The van der Waals surface area contributed by atoms with Crippen LogP contribution in [0.2, 0.25) is 0 Å². The number of hydrogen-bond donors (Lipinski definition) is 1. The maximum atomic E-state index is 11.2. The molecule has 15 heavy (non-hydrogen) atoms. The van der Waals surface area contributed by atoms with Gasteiger partial charge in [-0.05, 0) is 6.92 Å². The normalized spacial score (nSPS) is 9.67. The van der Waals surface area contributed by atoms with Crippen molar-refractivity contribution in [3.63, 3.8) is 0 Å². The highest BCUT2D eigenvalue weighted by Gasteiger charge is 2.21. The molecule has 0 aliphatic heterocycles. The summed E-state index contributed by atoms with van der Waals surface area (Å²) in [6.45, 7) is 1.64. The minimum Gasteiger partial charge on any atom is -0.461 e. The highest BCUT2D eigenvalue weighted by Crippen LogP contribution is 2.14. The summed E-state index contributed by atoms with van der Waals surface area (Å²) in [5.74, 6) is -0.915. The van der Waals surface area contributed by atoms with Crippen molar-refractivity contribution in [1.82, 2.24) is 4.98 Å². The number of hydrogen-bond acceptors (Lipinski definition) is 5. The Morgan fingerprint density at radius 3 is 2.80 bits per heavy atom. The third-order valence-electron chi connectivity index (χ3n) is 1.57. The van der Waals surface area contributed by atoms with Crippen LogP contribution in [0, 0.1) is 10.1 Å². The number of aromatic nitrogens is 1. The molecule has 7 heteroatoms. The molecule has 7 nitrogen and oxygen atoms in total. The van der Waals surface area contributed by atoms with Gasteiger partial charge in [-0.3, -0.25) is 14.9 Å². The van der Waals surface area contributed by atoms with E-state index in [4.69, 9.17) is 0 Å². The largest absolute Gasteiger partial charge is 0.461 e. The molecule has 0 saturated heterocycles. The smallest absolute Gasteiger partial charge is 0.362 e. The lowest BCUT2D eigenvalue weighted by Crippen LogP contribution is -2.16. The Labute approximate surface area is 83.8 Å². The first-order chi connectivity index (χ1) is 7.06. The number of ether oxygens (including phenoxy) is 1. The molecule has 0 aromatic carbocycles. The van der Waals surface area contributed by atoms with E-state index in [0.29, 0.717) is 0 Å². The van der Waals surface area contributed by atoms with Gasteiger partial charge >= 0.3 is 11.7 Å². The molecule has 0 aliphatic rings. The fourth-order valence-electron chi connectivity index (χ4n) is 0.978. The summed E-state index contributed by atoms with van der Waals surface area (Å²) in [6, 6.07) is 1.94. The van der Waals surface area contributed by atoms with E-state index in [2.05, 4.69) is 9.72 Å². The number of nitro groups is 1. The third kappa shape index (κ3) is 2.39. The topological polar surface area (TPSA) is 102 Å². The van der Waals surface area contributed by atoms with Crippen LogP contribution in [0.25, 0.3) is 0 Å². The molecule has 1 N–H and O–H groups in total. The lowest BCUT2D eigenvalue weighted by molar-refractivity contribution is -0.385.